The normalized spacial score (nSPS) is 15.2. The molecule has 1 heterocycles. The quantitative estimate of drug-likeness (QED) is 0.290. The van der Waals surface area contributed by atoms with E-state index in [1.165, 1.54) is 12.0 Å². The van der Waals surface area contributed by atoms with Gasteiger partial charge in [-0.15, -0.1) is 0 Å². The van der Waals surface area contributed by atoms with Crippen LogP contribution in [0.2, 0.25) is 0 Å². The van der Waals surface area contributed by atoms with Gasteiger partial charge in [0, 0.05) is 51.9 Å². The van der Waals surface area contributed by atoms with Gasteiger partial charge in [-0.1, -0.05) is 12.1 Å². The van der Waals surface area contributed by atoms with Crippen LogP contribution in [0.4, 0.5) is 0 Å². The maximum absolute atomic E-state index is 5.98. The number of aliphatic imine (C=N–C) groups is 1. The smallest absolute Gasteiger partial charge is 0.191 e. The first-order valence-electron chi connectivity index (χ1n) is 11.3. The van der Waals surface area contributed by atoms with Crippen LogP contribution in [0.5, 0.6) is 5.75 Å². The van der Waals surface area contributed by atoms with Gasteiger partial charge in [0.05, 0.1) is 26.4 Å². The number of rotatable bonds is 13. The summed E-state index contributed by atoms with van der Waals surface area (Å²) in [6.07, 6.45) is 3.19. The first-order chi connectivity index (χ1) is 14.7. The molecule has 30 heavy (non-hydrogen) atoms. The van der Waals surface area contributed by atoms with Crippen molar-refractivity contribution in [3.63, 3.8) is 0 Å². The summed E-state index contributed by atoms with van der Waals surface area (Å²) in [7, 11) is 1.71. The standard InChI is InChI=1S/C23H40N4O3/c1-4-24-23(25-10-5-6-11-27-12-16-29-17-13-27)26-19-21-9-8-20(2)18-22(21)30-15-7-14-28-3/h8-9,18H,4-7,10-17,19H2,1-3H3,(H2,24,25,26). The third-order valence-electron chi connectivity index (χ3n) is 5.02. The Hall–Kier alpha value is -1.83. The second kappa shape index (κ2) is 15.0. The average Bonchev–Trinajstić information content (AvgIpc) is 2.76. The molecule has 1 saturated heterocycles. The van der Waals surface area contributed by atoms with Crippen LogP contribution in [-0.4, -0.2) is 77.1 Å². The van der Waals surface area contributed by atoms with Crippen LogP contribution in [0.3, 0.4) is 0 Å². The molecular formula is C23H40N4O3. The van der Waals surface area contributed by atoms with Gasteiger partial charge < -0.3 is 24.8 Å². The van der Waals surface area contributed by atoms with Crippen molar-refractivity contribution in [2.24, 2.45) is 4.99 Å². The maximum atomic E-state index is 5.98. The number of methoxy groups -OCH3 is 1. The number of ether oxygens (including phenoxy) is 3. The Morgan fingerprint density at radius 1 is 1.13 bits per heavy atom. The zero-order valence-corrected chi connectivity index (χ0v) is 19.0. The highest BCUT2D eigenvalue weighted by molar-refractivity contribution is 5.79. The van der Waals surface area contributed by atoms with Crippen LogP contribution >= 0.6 is 0 Å². The van der Waals surface area contributed by atoms with Crippen LogP contribution in [0.25, 0.3) is 0 Å². The molecule has 0 spiro atoms. The zero-order valence-electron chi connectivity index (χ0n) is 19.0. The van der Waals surface area contributed by atoms with Gasteiger partial charge in [0.1, 0.15) is 5.75 Å². The van der Waals surface area contributed by atoms with Gasteiger partial charge >= 0.3 is 0 Å². The van der Waals surface area contributed by atoms with E-state index in [9.17, 15) is 0 Å². The molecule has 0 aliphatic carbocycles. The summed E-state index contributed by atoms with van der Waals surface area (Å²) in [5.41, 5.74) is 2.29. The van der Waals surface area contributed by atoms with Crippen LogP contribution in [-0.2, 0) is 16.0 Å². The molecule has 0 bridgehead atoms. The van der Waals surface area contributed by atoms with Crippen molar-refractivity contribution in [3.05, 3.63) is 29.3 Å². The van der Waals surface area contributed by atoms with E-state index < -0.39 is 0 Å². The Kier molecular flexibility index (Phi) is 12.3. The number of unbranched alkanes of at least 4 members (excludes halogenated alkanes) is 1. The summed E-state index contributed by atoms with van der Waals surface area (Å²) in [5, 5.41) is 6.80. The Morgan fingerprint density at radius 3 is 2.73 bits per heavy atom. The van der Waals surface area contributed by atoms with Gasteiger partial charge in [-0.3, -0.25) is 4.90 Å². The van der Waals surface area contributed by atoms with Crippen LogP contribution in [0.1, 0.15) is 37.3 Å². The summed E-state index contributed by atoms with van der Waals surface area (Å²) in [6.45, 7) is 12.9. The Morgan fingerprint density at radius 2 is 1.97 bits per heavy atom. The van der Waals surface area contributed by atoms with Crippen molar-refractivity contribution < 1.29 is 14.2 Å². The molecule has 0 aromatic heterocycles. The zero-order chi connectivity index (χ0) is 21.4. The van der Waals surface area contributed by atoms with Gasteiger partial charge in [0.2, 0.25) is 0 Å². The van der Waals surface area contributed by atoms with E-state index in [4.69, 9.17) is 19.2 Å². The van der Waals surface area contributed by atoms with Crippen molar-refractivity contribution in [1.29, 1.82) is 0 Å². The molecule has 1 aromatic carbocycles. The summed E-state index contributed by atoms with van der Waals surface area (Å²) in [5.74, 6) is 1.77. The minimum absolute atomic E-state index is 0.586. The van der Waals surface area contributed by atoms with Gasteiger partial charge in [-0.05, 0) is 44.9 Å². The molecule has 0 amide bonds. The largest absolute Gasteiger partial charge is 0.493 e. The number of morpholine rings is 1. The molecule has 0 atom stereocenters. The SMILES string of the molecule is CCNC(=NCc1ccc(C)cc1OCCCOC)NCCCCN1CCOCC1. The fraction of sp³-hybridized carbons (Fsp3) is 0.696. The number of nitrogens with zero attached hydrogens (tertiary/aromatic N) is 2. The second-order valence-electron chi connectivity index (χ2n) is 7.59. The number of guanidine groups is 1. The molecule has 2 rings (SSSR count). The van der Waals surface area contributed by atoms with Crippen molar-refractivity contribution in [3.8, 4) is 5.75 Å². The van der Waals surface area contributed by atoms with Crippen molar-refractivity contribution >= 4 is 5.96 Å². The third kappa shape index (κ3) is 9.78. The summed E-state index contributed by atoms with van der Waals surface area (Å²) >= 11 is 0. The Labute approximate surface area is 182 Å². The van der Waals surface area contributed by atoms with Crippen molar-refractivity contribution in [1.82, 2.24) is 15.5 Å². The van der Waals surface area contributed by atoms with Crippen LogP contribution in [0, 0.1) is 6.92 Å². The first kappa shape index (κ1) is 24.4. The number of hydrogen-bond acceptors (Lipinski definition) is 5. The highest BCUT2D eigenvalue weighted by Gasteiger charge is 2.09. The van der Waals surface area contributed by atoms with E-state index in [1.54, 1.807) is 7.11 Å². The van der Waals surface area contributed by atoms with Gasteiger partial charge in [0.15, 0.2) is 5.96 Å². The second-order valence-corrected chi connectivity index (χ2v) is 7.59. The monoisotopic (exact) mass is 420 g/mol. The van der Waals surface area contributed by atoms with Crippen LogP contribution in [0.15, 0.2) is 23.2 Å². The average molecular weight is 421 g/mol. The van der Waals surface area contributed by atoms with E-state index in [1.807, 2.05) is 0 Å². The number of aryl methyl sites for hydroxylation is 1. The Bertz CT molecular complexity index is 618. The highest BCUT2D eigenvalue weighted by Crippen LogP contribution is 2.21. The molecular weight excluding hydrogens is 380 g/mol. The predicted molar refractivity (Wildman–Crippen MR) is 122 cm³/mol. The van der Waals surface area contributed by atoms with Crippen molar-refractivity contribution in [2.45, 2.75) is 39.7 Å². The molecule has 1 aliphatic rings. The molecule has 7 nitrogen and oxygen atoms in total. The van der Waals surface area contributed by atoms with Gasteiger partial charge in [-0.25, -0.2) is 4.99 Å². The Balaban J connectivity index is 1.79. The van der Waals surface area contributed by atoms with Crippen molar-refractivity contribution in [2.75, 3.05) is 66.3 Å². The number of hydrogen-bond donors (Lipinski definition) is 2. The fourth-order valence-electron chi connectivity index (χ4n) is 3.31. The first-order valence-corrected chi connectivity index (χ1v) is 11.3. The molecule has 0 radical (unpaired) electrons. The molecule has 0 saturated carbocycles. The molecule has 1 aromatic rings. The minimum atomic E-state index is 0.586. The number of nitrogens with one attached hydrogen (secondary N) is 2. The van der Waals surface area contributed by atoms with E-state index in [-0.39, 0.29) is 0 Å². The maximum Gasteiger partial charge on any atom is 0.191 e. The molecule has 170 valence electrons. The van der Waals surface area contributed by atoms with Gasteiger partial charge in [-0.2, -0.15) is 0 Å². The highest BCUT2D eigenvalue weighted by atomic mass is 16.5. The molecule has 1 aliphatic heterocycles. The lowest BCUT2D eigenvalue weighted by atomic mass is 10.1. The fourth-order valence-corrected chi connectivity index (χ4v) is 3.31. The lowest BCUT2D eigenvalue weighted by Gasteiger charge is -2.26. The topological polar surface area (TPSA) is 67.4 Å². The lowest BCUT2D eigenvalue weighted by molar-refractivity contribution is 0.0372. The lowest BCUT2D eigenvalue weighted by Crippen LogP contribution is -2.39. The van der Waals surface area contributed by atoms with E-state index in [2.05, 4.69) is 47.6 Å². The minimum Gasteiger partial charge on any atom is -0.493 e. The van der Waals surface area contributed by atoms with Gasteiger partial charge in [0.25, 0.3) is 0 Å². The van der Waals surface area contributed by atoms with Crippen LogP contribution < -0.4 is 15.4 Å². The van der Waals surface area contributed by atoms with E-state index >= 15 is 0 Å². The predicted octanol–water partition coefficient (Wildman–Crippen LogP) is 2.58. The molecule has 7 heteroatoms. The molecule has 0 unspecified atom stereocenters. The summed E-state index contributed by atoms with van der Waals surface area (Å²) in [4.78, 5) is 7.25. The summed E-state index contributed by atoms with van der Waals surface area (Å²) in [6, 6.07) is 6.30. The molecule has 2 N–H and O–H groups in total. The van der Waals surface area contributed by atoms with E-state index in [0.29, 0.717) is 19.8 Å². The third-order valence-corrected chi connectivity index (χ3v) is 5.02. The number of benzene rings is 1. The summed E-state index contributed by atoms with van der Waals surface area (Å²) < 4.78 is 16.5. The molecule has 1 fully saturated rings. The van der Waals surface area contributed by atoms with E-state index in [0.717, 1.165) is 76.1 Å².